The van der Waals surface area contributed by atoms with Gasteiger partial charge in [-0.05, 0) is 27.0 Å². The van der Waals surface area contributed by atoms with Crippen molar-refractivity contribution in [3.05, 3.63) is 11.5 Å². The highest BCUT2D eigenvalue weighted by Gasteiger charge is 2.25. The molecule has 1 amide bonds. The topological polar surface area (TPSA) is 75.6 Å². The van der Waals surface area contributed by atoms with E-state index in [1.165, 1.54) is 11.8 Å². The molecule has 0 aliphatic heterocycles. The Balaban J connectivity index is 4.48. The lowest BCUT2D eigenvalue weighted by atomic mass is 10.2. The van der Waals surface area contributed by atoms with Crippen LogP contribution in [0.2, 0.25) is 0 Å². The summed E-state index contributed by atoms with van der Waals surface area (Å²) in [5.41, 5.74) is -0.659. The van der Waals surface area contributed by atoms with Crippen LogP contribution < -0.4 is 5.32 Å². The van der Waals surface area contributed by atoms with E-state index >= 15 is 0 Å². The predicted octanol–water partition coefficient (Wildman–Crippen LogP) is 1.84. The molecule has 92 valence electrons. The maximum absolute atomic E-state index is 11.3. The van der Waals surface area contributed by atoms with Crippen molar-refractivity contribution in [1.29, 1.82) is 0 Å². The fourth-order valence-electron chi connectivity index (χ4n) is 0.823. The number of nitrogens with one attached hydrogen (secondary N) is 1. The molecule has 0 bridgehead atoms. The number of rotatable bonds is 4. The quantitative estimate of drug-likeness (QED) is 0.792. The fourth-order valence-corrected chi connectivity index (χ4v) is 1.22. The lowest BCUT2D eigenvalue weighted by Gasteiger charge is -2.22. The number of aliphatic carboxylic acids is 1. The Kier molecular flexibility index (Phi) is 5.37. The van der Waals surface area contributed by atoms with Gasteiger partial charge in [-0.1, -0.05) is 6.58 Å². The minimum absolute atomic E-state index is 0.346. The standard InChI is InChI=1S/C10H17NO4S/c1-6(16-5)7(8(12)13)11-9(14)15-10(2,3)4/h7H,1H2,2-5H3,(H,11,14)(H,12,13)/t7-/m0/s1. The molecule has 0 saturated carbocycles. The molecule has 6 heteroatoms. The number of carbonyl (C=O) groups excluding carboxylic acids is 1. The number of ether oxygens (including phenoxy) is 1. The summed E-state index contributed by atoms with van der Waals surface area (Å²) in [6, 6.07) is -1.13. The van der Waals surface area contributed by atoms with Gasteiger partial charge in [-0.2, -0.15) is 0 Å². The number of hydrogen-bond acceptors (Lipinski definition) is 4. The summed E-state index contributed by atoms with van der Waals surface area (Å²) >= 11 is 1.18. The van der Waals surface area contributed by atoms with Gasteiger partial charge < -0.3 is 15.2 Å². The Hall–Kier alpha value is -1.17. The fraction of sp³-hybridized carbons (Fsp3) is 0.600. The van der Waals surface area contributed by atoms with Gasteiger partial charge in [-0.25, -0.2) is 9.59 Å². The molecule has 0 unspecified atom stereocenters. The Labute approximate surface area is 99.2 Å². The highest BCUT2D eigenvalue weighted by Crippen LogP contribution is 2.15. The van der Waals surface area contributed by atoms with Crippen LogP contribution in [0.4, 0.5) is 4.79 Å². The van der Waals surface area contributed by atoms with E-state index < -0.39 is 23.7 Å². The van der Waals surface area contributed by atoms with E-state index in [4.69, 9.17) is 9.84 Å². The Bertz CT molecular complexity index is 296. The molecule has 16 heavy (non-hydrogen) atoms. The van der Waals surface area contributed by atoms with Gasteiger partial charge in [0.2, 0.25) is 0 Å². The molecule has 0 aromatic rings. The maximum atomic E-state index is 11.3. The van der Waals surface area contributed by atoms with Crippen LogP contribution in [0.25, 0.3) is 0 Å². The monoisotopic (exact) mass is 247 g/mol. The Morgan fingerprint density at radius 1 is 1.44 bits per heavy atom. The average Bonchev–Trinajstić information content (AvgIpc) is 2.09. The lowest BCUT2D eigenvalue weighted by molar-refractivity contribution is -0.138. The Morgan fingerprint density at radius 2 is 1.94 bits per heavy atom. The normalized spacial score (nSPS) is 12.8. The van der Waals surface area contributed by atoms with Crippen molar-refractivity contribution in [2.24, 2.45) is 0 Å². The molecule has 0 radical (unpaired) electrons. The summed E-state index contributed by atoms with van der Waals surface area (Å²) in [5.74, 6) is -1.16. The molecule has 0 spiro atoms. The lowest BCUT2D eigenvalue weighted by Crippen LogP contribution is -2.43. The molecule has 1 atom stereocenters. The second-order valence-electron chi connectivity index (χ2n) is 4.09. The second kappa shape index (κ2) is 5.79. The third-order valence-electron chi connectivity index (χ3n) is 1.49. The molecular weight excluding hydrogens is 230 g/mol. The first-order chi connectivity index (χ1) is 7.17. The number of alkyl carbamates (subject to hydrolysis) is 1. The van der Waals surface area contributed by atoms with E-state index in [2.05, 4.69) is 11.9 Å². The molecule has 0 aromatic heterocycles. The molecule has 0 aliphatic rings. The van der Waals surface area contributed by atoms with Gasteiger partial charge in [0.1, 0.15) is 5.60 Å². The number of hydrogen-bond donors (Lipinski definition) is 2. The van der Waals surface area contributed by atoms with Gasteiger partial charge in [0.25, 0.3) is 0 Å². The summed E-state index contributed by atoms with van der Waals surface area (Å²) in [6.07, 6.45) is 0.921. The van der Waals surface area contributed by atoms with Gasteiger partial charge in [-0.15, -0.1) is 11.8 Å². The van der Waals surface area contributed by atoms with Crippen LogP contribution in [0.15, 0.2) is 11.5 Å². The third-order valence-corrected chi connectivity index (χ3v) is 2.25. The van der Waals surface area contributed by atoms with E-state index in [0.717, 1.165) is 0 Å². The maximum Gasteiger partial charge on any atom is 0.408 e. The zero-order valence-electron chi connectivity index (χ0n) is 9.86. The smallest absolute Gasteiger partial charge is 0.408 e. The largest absolute Gasteiger partial charge is 0.479 e. The van der Waals surface area contributed by atoms with E-state index in [0.29, 0.717) is 4.91 Å². The van der Waals surface area contributed by atoms with Crippen molar-refractivity contribution in [2.45, 2.75) is 32.4 Å². The zero-order chi connectivity index (χ0) is 12.9. The van der Waals surface area contributed by atoms with E-state index in [9.17, 15) is 9.59 Å². The van der Waals surface area contributed by atoms with Crippen molar-refractivity contribution in [3.8, 4) is 0 Å². The predicted molar refractivity (Wildman–Crippen MR) is 63.4 cm³/mol. The van der Waals surface area contributed by atoms with Gasteiger partial charge in [-0.3, -0.25) is 0 Å². The molecule has 0 aromatic carbocycles. The number of amides is 1. The van der Waals surface area contributed by atoms with Gasteiger partial charge in [0.05, 0.1) is 0 Å². The number of carboxylic acid groups (broad SMARTS) is 1. The average molecular weight is 247 g/mol. The highest BCUT2D eigenvalue weighted by molar-refractivity contribution is 8.02. The first-order valence-electron chi connectivity index (χ1n) is 4.62. The van der Waals surface area contributed by atoms with Crippen LogP contribution in [-0.4, -0.2) is 35.1 Å². The van der Waals surface area contributed by atoms with Crippen LogP contribution in [0.5, 0.6) is 0 Å². The minimum atomic E-state index is -1.16. The highest BCUT2D eigenvalue weighted by atomic mass is 32.2. The van der Waals surface area contributed by atoms with E-state index in [1.807, 2.05) is 0 Å². The van der Waals surface area contributed by atoms with Crippen LogP contribution >= 0.6 is 11.8 Å². The van der Waals surface area contributed by atoms with Crippen LogP contribution in [-0.2, 0) is 9.53 Å². The molecule has 2 N–H and O–H groups in total. The van der Waals surface area contributed by atoms with Crippen molar-refractivity contribution in [2.75, 3.05) is 6.26 Å². The summed E-state index contributed by atoms with van der Waals surface area (Å²) < 4.78 is 4.95. The summed E-state index contributed by atoms with van der Waals surface area (Å²) in [5, 5.41) is 11.1. The first-order valence-corrected chi connectivity index (χ1v) is 5.85. The number of thioether (sulfide) groups is 1. The minimum Gasteiger partial charge on any atom is -0.479 e. The van der Waals surface area contributed by atoms with Crippen LogP contribution in [0.3, 0.4) is 0 Å². The number of carboxylic acids is 1. The molecule has 0 heterocycles. The van der Waals surface area contributed by atoms with Crippen LogP contribution in [0, 0.1) is 0 Å². The second-order valence-corrected chi connectivity index (χ2v) is 5.02. The van der Waals surface area contributed by atoms with Crippen molar-refractivity contribution >= 4 is 23.8 Å². The van der Waals surface area contributed by atoms with Gasteiger partial charge >= 0.3 is 12.1 Å². The Morgan fingerprint density at radius 3 is 2.25 bits per heavy atom. The van der Waals surface area contributed by atoms with Crippen molar-refractivity contribution in [3.63, 3.8) is 0 Å². The van der Waals surface area contributed by atoms with Crippen molar-refractivity contribution in [1.82, 2.24) is 5.32 Å². The molecule has 0 saturated heterocycles. The molecule has 0 aliphatic carbocycles. The van der Waals surface area contributed by atoms with Crippen molar-refractivity contribution < 1.29 is 19.4 Å². The van der Waals surface area contributed by atoms with Gasteiger partial charge in [0, 0.05) is 4.91 Å². The van der Waals surface area contributed by atoms with E-state index in [1.54, 1.807) is 27.0 Å². The van der Waals surface area contributed by atoms with E-state index in [-0.39, 0.29) is 0 Å². The molecule has 0 fully saturated rings. The zero-order valence-corrected chi connectivity index (χ0v) is 10.7. The number of carbonyl (C=O) groups is 2. The molecular formula is C10H17NO4S. The molecule has 0 rings (SSSR count). The third kappa shape index (κ3) is 5.65. The van der Waals surface area contributed by atoms with Crippen LogP contribution in [0.1, 0.15) is 20.8 Å². The summed E-state index contributed by atoms with van der Waals surface area (Å²) in [6.45, 7) is 8.66. The molecule has 5 nitrogen and oxygen atoms in total. The van der Waals surface area contributed by atoms with Gasteiger partial charge in [0.15, 0.2) is 6.04 Å². The summed E-state index contributed by atoms with van der Waals surface area (Å²) in [7, 11) is 0. The SMILES string of the molecule is C=C(SC)[C@H](NC(=O)OC(C)(C)C)C(=O)O. The first kappa shape index (κ1) is 14.8. The summed E-state index contributed by atoms with van der Waals surface area (Å²) in [4.78, 5) is 22.5.